The van der Waals surface area contributed by atoms with E-state index >= 15 is 0 Å². The maximum Gasteiger partial charge on any atom is 0.417 e. The van der Waals surface area contributed by atoms with Crippen LogP contribution < -0.4 is 5.73 Å². The molecule has 2 aliphatic rings. The first-order valence-corrected chi connectivity index (χ1v) is 13.5. The maximum atomic E-state index is 13.3. The summed E-state index contributed by atoms with van der Waals surface area (Å²) < 4.78 is 7.32. The van der Waals surface area contributed by atoms with Crippen LogP contribution in [0.25, 0.3) is 11.0 Å². The van der Waals surface area contributed by atoms with Gasteiger partial charge in [0.1, 0.15) is 11.7 Å². The zero-order valence-corrected chi connectivity index (χ0v) is 22.4. The third kappa shape index (κ3) is 5.23. The minimum atomic E-state index is -0.676. The number of nitrogen functional groups attached to an aromatic ring is 1. The Morgan fingerprint density at radius 1 is 1.08 bits per heavy atom. The molecule has 3 N–H and O–H groups in total. The molecule has 10 heteroatoms. The largest absolute Gasteiger partial charge is 0.436 e. The number of amides is 3. The molecular weight excluding hydrogens is 496 g/mol. The third-order valence-electron chi connectivity index (χ3n) is 7.74. The summed E-state index contributed by atoms with van der Waals surface area (Å²) in [5.41, 5.74) is 9.68. The number of fused-ring (bicyclic) bond motifs is 1. The van der Waals surface area contributed by atoms with Crippen LogP contribution in [0.2, 0.25) is 0 Å². The number of hydrogen-bond donors (Lipinski definition) is 2. The molecule has 2 aromatic carbocycles. The van der Waals surface area contributed by atoms with Crippen molar-refractivity contribution in [1.29, 1.82) is 5.41 Å². The quantitative estimate of drug-likeness (QED) is 0.339. The van der Waals surface area contributed by atoms with Gasteiger partial charge >= 0.3 is 6.09 Å². The summed E-state index contributed by atoms with van der Waals surface area (Å²) in [5.74, 6) is 0.650. The molecule has 2 aliphatic heterocycles. The molecule has 2 fully saturated rings. The van der Waals surface area contributed by atoms with Crippen LogP contribution >= 0.6 is 0 Å². The van der Waals surface area contributed by atoms with Crippen molar-refractivity contribution in [2.45, 2.75) is 57.6 Å². The van der Waals surface area contributed by atoms with Crippen molar-refractivity contribution in [3.8, 4) is 0 Å². The number of aromatic nitrogens is 2. The molecule has 2 saturated heterocycles. The number of imide groups is 1. The number of nitrogens with two attached hydrogens (primary N) is 1. The van der Waals surface area contributed by atoms with Gasteiger partial charge < -0.3 is 19.9 Å². The lowest BCUT2D eigenvalue weighted by atomic mass is 10.0. The number of hydrogen-bond acceptors (Lipinski definition) is 6. The van der Waals surface area contributed by atoms with E-state index in [-0.39, 0.29) is 23.7 Å². The van der Waals surface area contributed by atoms with Crippen molar-refractivity contribution < 1.29 is 19.1 Å². The summed E-state index contributed by atoms with van der Waals surface area (Å²) in [7, 11) is 1.98. The number of carbonyl (C=O) groups is 3. The van der Waals surface area contributed by atoms with Gasteiger partial charge in [-0.25, -0.2) is 14.7 Å². The van der Waals surface area contributed by atoms with E-state index in [1.165, 1.54) is 4.90 Å². The molecule has 0 bridgehead atoms. The van der Waals surface area contributed by atoms with Crippen molar-refractivity contribution in [2.24, 2.45) is 12.8 Å². The van der Waals surface area contributed by atoms with Gasteiger partial charge in [-0.3, -0.25) is 15.0 Å². The van der Waals surface area contributed by atoms with Crippen LogP contribution in [-0.2, 0) is 29.4 Å². The van der Waals surface area contributed by atoms with Gasteiger partial charge in [0.05, 0.1) is 11.0 Å². The summed E-state index contributed by atoms with van der Waals surface area (Å²) in [6.07, 6.45) is 2.66. The Hall–Kier alpha value is -4.21. The average molecular weight is 531 g/mol. The Labute approximate surface area is 227 Å². The summed E-state index contributed by atoms with van der Waals surface area (Å²) in [6.45, 7) is 2.88. The van der Waals surface area contributed by atoms with E-state index in [2.05, 4.69) is 4.57 Å². The van der Waals surface area contributed by atoms with Gasteiger partial charge in [-0.05, 0) is 49.4 Å². The minimum Gasteiger partial charge on any atom is -0.436 e. The second kappa shape index (κ2) is 10.9. The highest BCUT2D eigenvalue weighted by Gasteiger charge is 2.44. The zero-order valence-electron chi connectivity index (χ0n) is 22.4. The van der Waals surface area contributed by atoms with Crippen LogP contribution in [-0.4, -0.2) is 68.3 Å². The number of nitrogens with one attached hydrogen (secondary N) is 1. The normalized spacial score (nSPS) is 18.2. The Balaban J connectivity index is 1.22. The fourth-order valence-electron chi connectivity index (χ4n) is 5.47. The van der Waals surface area contributed by atoms with Gasteiger partial charge in [0.15, 0.2) is 6.10 Å². The Kier molecular flexibility index (Phi) is 7.36. The average Bonchev–Trinajstić information content (AvgIpc) is 3.41. The number of benzene rings is 2. The minimum absolute atomic E-state index is 0.0542. The maximum absolute atomic E-state index is 13.3. The van der Waals surface area contributed by atoms with E-state index in [1.54, 1.807) is 4.90 Å². The molecule has 0 aliphatic carbocycles. The van der Waals surface area contributed by atoms with Gasteiger partial charge in [0.25, 0.3) is 11.8 Å². The lowest BCUT2D eigenvalue weighted by Crippen LogP contribution is -2.49. The van der Waals surface area contributed by atoms with Crippen molar-refractivity contribution in [3.05, 3.63) is 65.0 Å². The molecule has 1 unspecified atom stereocenters. The molecule has 3 aromatic rings. The fraction of sp³-hybridized carbons (Fsp3) is 0.414. The first-order chi connectivity index (χ1) is 18.8. The summed E-state index contributed by atoms with van der Waals surface area (Å²) in [4.78, 5) is 46.1. The SMILES string of the molecule is CCCC1OC(=O)N(C2CCN(C(=O)c3ccc4c(c3)nc(CCc3ccc(C(=N)N)cc3)n4C)CC2)C1=O. The zero-order chi connectivity index (χ0) is 27.7. The van der Waals surface area contributed by atoms with Gasteiger partial charge in [0.2, 0.25) is 0 Å². The van der Waals surface area contributed by atoms with Crippen LogP contribution in [0.3, 0.4) is 0 Å². The summed E-state index contributed by atoms with van der Waals surface area (Å²) in [6, 6.07) is 13.0. The second-order valence-electron chi connectivity index (χ2n) is 10.3. The highest BCUT2D eigenvalue weighted by molar-refractivity contribution is 6.00. The molecule has 0 spiro atoms. The molecule has 5 rings (SSSR count). The van der Waals surface area contributed by atoms with E-state index in [9.17, 15) is 14.4 Å². The number of aryl methyl sites for hydroxylation is 3. The lowest BCUT2D eigenvalue weighted by molar-refractivity contribution is -0.131. The molecule has 1 atom stereocenters. The van der Waals surface area contributed by atoms with E-state index in [4.69, 9.17) is 20.9 Å². The van der Waals surface area contributed by atoms with Crippen molar-refractivity contribution in [3.63, 3.8) is 0 Å². The number of nitrogens with zero attached hydrogens (tertiary/aromatic N) is 4. The van der Waals surface area contributed by atoms with Crippen molar-refractivity contribution in [1.82, 2.24) is 19.4 Å². The number of imidazole rings is 1. The number of piperidine rings is 1. The Morgan fingerprint density at radius 2 is 1.77 bits per heavy atom. The number of cyclic esters (lactones) is 1. The van der Waals surface area contributed by atoms with Crippen LogP contribution in [0.5, 0.6) is 0 Å². The van der Waals surface area contributed by atoms with Crippen LogP contribution in [0.4, 0.5) is 4.79 Å². The summed E-state index contributed by atoms with van der Waals surface area (Å²) >= 11 is 0. The number of ether oxygens (including phenoxy) is 1. The number of likely N-dealkylation sites (tertiary alicyclic amines) is 1. The smallest absolute Gasteiger partial charge is 0.417 e. The second-order valence-corrected chi connectivity index (χ2v) is 10.3. The van der Waals surface area contributed by atoms with Gasteiger partial charge in [-0.15, -0.1) is 0 Å². The number of carbonyl (C=O) groups excluding carboxylic acids is 3. The molecule has 10 nitrogen and oxygen atoms in total. The first kappa shape index (κ1) is 26.4. The number of rotatable bonds is 8. The monoisotopic (exact) mass is 530 g/mol. The first-order valence-electron chi connectivity index (χ1n) is 13.5. The highest BCUT2D eigenvalue weighted by atomic mass is 16.6. The molecule has 3 heterocycles. The molecule has 204 valence electrons. The van der Waals surface area contributed by atoms with Gasteiger partial charge in [0, 0.05) is 43.7 Å². The molecule has 1 aromatic heterocycles. The van der Waals surface area contributed by atoms with Gasteiger partial charge in [-0.2, -0.15) is 0 Å². The predicted octanol–water partition coefficient (Wildman–Crippen LogP) is 3.39. The van der Waals surface area contributed by atoms with Crippen LogP contribution in [0.1, 0.15) is 59.9 Å². The van der Waals surface area contributed by atoms with Crippen LogP contribution in [0.15, 0.2) is 42.5 Å². The predicted molar refractivity (Wildman–Crippen MR) is 147 cm³/mol. The summed E-state index contributed by atoms with van der Waals surface area (Å²) in [5, 5.41) is 7.53. The lowest BCUT2D eigenvalue weighted by Gasteiger charge is -2.34. The van der Waals surface area contributed by atoms with E-state index in [0.717, 1.165) is 41.7 Å². The standard InChI is InChI=1S/C29H34N6O4/c1-3-4-24-28(37)35(29(38)39-24)21-13-15-34(16-14-21)27(36)20-10-11-23-22(17-20)32-25(33(23)2)12-7-18-5-8-19(9-6-18)26(30)31/h5-6,8-11,17,21,24H,3-4,7,12-16H2,1-2H3,(H3,30,31). The van der Waals surface area contributed by atoms with E-state index in [0.29, 0.717) is 43.5 Å². The molecular formula is C29H34N6O4. The van der Waals surface area contributed by atoms with E-state index < -0.39 is 12.2 Å². The molecule has 39 heavy (non-hydrogen) atoms. The van der Waals surface area contributed by atoms with Crippen molar-refractivity contribution >= 4 is 34.8 Å². The molecule has 3 amide bonds. The van der Waals surface area contributed by atoms with Crippen LogP contribution in [0, 0.1) is 5.41 Å². The molecule has 0 radical (unpaired) electrons. The fourth-order valence-corrected chi connectivity index (χ4v) is 5.47. The third-order valence-corrected chi connectivity index (χ3v) is 7.74. The Bertz CT molecular complexity index is 1420. The highest BCUT2D eigenvalue weighted by Crippen LogP contribution is 2.27. The number of amidine groups is 1. The molecule has 0 saturated carbocycles. The van der Waals surface area contributed by atoms with Gasteiger partial charge in [-0.1, -0.05) is 37.6 Å². The van der Waals surface area contributed by atoms with Crippen molar-refractivity contribution in [2.75, 3.05) is 13.1 Å². The topological polar surface area (TPSA) is 135 Å². The van der Waals surface area contributed by atoms with E-state index in [1.807, 2.05) is 56.4 Å². The Morgan fingerprint density at radius 3 is 2.44 bits per heavy atom.